The summed E-state index contributed by atoms with van der Waals surface area (Å²) < 4.78 is 0. The molecule has 2 aliphatic heterocycles. The number of hydrogen-bond donors (Lipinski definition) is 3. The van der Waals surface area contributed by atoms with E-state index in [-0.39, 0.29) is 36.4 Å². The standard InChI is InChI=1S/C23H33N3O5/c27-20-6-4-19(5-7-20)26(15-11-22(29)30)23(31)18-2-1-14-25(16-18)21(28)8-3-17-9-12-24-13-10-17/h4-7,17-18,24,27H,1-3,8-16H2,(H,29,30)/t18-/m1/s1. The SMILES string of the molecule is O=C(O)CCN(C(=O)[C@@H]1CCCN(C(=O)CCC2CCNCC2)C1)c1ccc(O)cc1. The van der Waals surface area contributed by atoms with Crippen molar-refractivity contribution in [2.24, 2.45) is 11.8 Å². The van der Waals surface area contributed by atoms with Crippen molar-refractivity contribution >= 4 is 23.5 Å². The molecular weight excluding hydrogens is 398 g/mol. The van der Waals surface area contributed by atoms with E-state index in [4.69, 9.17) is 5.11 Å². The van der Waals surface area contributed by atoms with Gasteiger partial charge in [0.15, 0.2) is 0 Å². The van der Waals surface area contributed by atoms with Crippen LogP contribution in [0.2, 0.25) is 0 Å². The fourth-order valence-electron chi connectivity index (χ4n) is 4.49. The molecule has 170 valence electrons. The lowest BCUT2D eigenvalue weighted by Crippen LogP contribution is -2.47. The number of amides is 2. The highest BCUT2D eigenvalue weighted by Gasteiger charge is 2.32. The van der Waals surface area contributed by atoms with Gasteiger partial charge in [0.05, 0.1) is 12.3 Å². The van der Waals surface area contributed by atoms with Gasteiger partial charge in [-0.15, -0.1) is 0 Å². The van der Waals surface area contributed by atoms with Crippen LogP contribution in [0.15, 0.2) is 24.3 Å². The van der Waals surface area contributed by atoms with Crippen LogP contribution in [-0.4, -0.2) is 65.6 Å². The molecular formula is C23H33N3O5. The number of hydrogen-bond acceptors (Lipinski definition) is 5. The Morgan fingerprint density at radius 2 is 1.77 bits per heavy atom. The molecule has 1 aromatic rings. The van der Waals surface area contributed by atoms with Gasteiger partial charge in [-0.25, -0.2) is 0 Å². The van der Waals surface area contributed by atoms with Gasteiger partial charge >= 0.3 is 5.97 Å². The van der Waals surface area contributed by atoms with Crippen LogP contribution >= 0.6 is 0 Å². The number of aliphatic carboxylic acids is 1. The van der Waals surface area contributed by atoms with Crippen molar-refractivity contribution in [2.45, 2.75) is 44.9 Å². The lowest BCUT2D eigenvalue weighted by molar-refractivity contribution is -0.136. The van der Waals surface area contributed by atoms with E-state index >= 15 is 0 Å². The Hall–Kier alpha value is -2.61. The van der Waals surface area contributed by atoms with Crippen molar-refractivity contribution in [2.75, 3.05) is 37.6 Å². The van der Waals surface area contributed by atoms with E-state index in [2.05, 4.69) is 5.32 Å². The number of rotatable bonds is 8. The third-order valence-electron chi connectivity index (χ3n) is 6.33. The molecule has 0 aliphatic carbocycles. The number of carbonyl (C=O) groups excluding carboxylic acids is 2. The minimum atomic E-state index is -0.977. The summed E-state index contributed by atoms with van der Waals surface area (Å²) in [7, 11) is 0. The predicted molar refractivity (Wildman–Crippen MR) is 117 cm³/mol. The quantitative estimate of drug-likeness (QED) is 0.582. The summed E-state index contributed by atoms with van der Waals surface area (Å²) in [5, 5.41) is 22.0. The van der Waals surface area contributed by atoms with Crippen LogP contribution in [0.1, 0.15) is 44.9 Å². The molecule has 1 aromatic carbocycles. The average Bonchev–Trinajstić information content (AvgIpc) is 2.79. The number of anilines is 1. The summed E-state index contributed by atoms with van der Waals surface area (Å²) >= 11 is 0. The fourth-order valence-corrected chi connectivity index (χ4v) is 4.49. The molecule has 0 radical (unpaired) electrons. The predicted octanol–water partition coefficient (Wildman–Crippen LogP) is 2.22. The number of nitrogens with zero attached hydrogens (tertiary/aromatic N) is 2. The molecule has 0 unspecified atom stereocenters. The van der Waals surface area contributed by atoms with Crippen molar-refractivity contribution in [1.29, 1.82) is 0 Å². The Labute approximate surface area is 183 Å². The van der Waals surface area contributed by atoms with Crippen LogP contribution in [0.5, 0.6) is 5.75 Å². The van der Waals surface area contributed by atoms with Gasteiger partial charge in [-0.05, 0) is 75.4 Å². The number of likely N-dealkylation sites (tertiary alicyclic amines) is 1. The minimum absolute atomic E-state index is 0.0547. The lowest BCUT2D eigenvalue weighted by Gasteiger charge is -2.35. The number of benzene rings is 1. The number of phenolic OH excluding ortho intramolecular Hbond substituents is 1. The molecule has 2 saturated heterocycles. The number of carbonyl (C=O) groups is 3. The minimum Gasteiger partial charge on any atom is -0.508 e. The highest BCUT2D eigenvalue weighted by atomic mass is 16.4. The maximum atomic E-state index is 13.3. The monoisotopic (exact) mass is 431 g/mol. The van der Waals surface area contributed by atoms with Gasteiger partial charge in [0.1, 0.15) is 5.75 Å². The second-order valence-corrected chi connectivity index (χ2v) is 8.56. The van der Waals surface area contributed by atoms with Crippen molar-refractivity contribution in [3.05, 3.63) is 24.3 Å². The number of piperidine rings is 2. The zero-order chi connectivity index (χ0) is 22.2. The van der Waals surface area contributed by atoms with Gasteiger partial charge < -0.3 is 25.3 Å². The molecule has 0 saturated carbocycles. The second kappa shape index (κ2) is 11.1. The summed E-state index contributed by atoms with van der Waals surface area (Å²) in [6, 6.07) is 6.18. The summed E-state index contributed by atoms with van der Waals surface area (Å²) in [5.41, 5.74) is 0.554. The van der Waals surface area contributed by atoms with Crippen LogP contribution in [0.4, 0.5) is 5.69 Å². The Balaban J connectivity index is 1.61. The van der Waals surface area contributed by atoms with E-state index in [0.29, 0.717) is 37.5 Å². The zero-order valence-electron chi connectivity index (χ0n) is 18.0. The molecule has 0 aromatic heterocycles. The van der Waals surface area contributed by atoms with Gasteiger partial charge in [0.2, 0.25) is 11.8 Å². The largest absolute Gasteiger partial charge is 0.508 e. The Bertz CT molecular complexity index is 761. The number of carboxylic acid groups (broad SMARTS) is 1. The number of nitrogens with one attached hydrogen (secondary N) is 1. The molecule has 2 aliphatic rings. The smallest absolute Gasteiger partial charge is 0.305 e. The summed E-state index contributed by atoms with van der Waals surface area (Å²) in [5.74, 6) is -0.708. The van der Waals surface area contributed by atoms with Crippen molar-refractivity contribution in [3.63, 3.8) is 0 Å². The molecule has 0 bridgehead atoms. The Morgan fingerprint density at radius 1 is 1.06 bits per heavy atom. The molecule has 8 heteroatoms. The number of phenols is 1. The van der Waals surface area contributed by atoms with Crippen LogP contribution in [-0.2, 0) is 14.4 Å². The normalized spacial score (nSPS) is 19.7. The van der Waals surface area contributed by atoms with E-state index in [1.807, 2.05) is 0 Å². The molecule has 8 nitrogen and oxygen atoms in total. The fraction of sp³-hybridized carbons (Fsp3) is 0.609. The van der Waals surface area contributed by atoms with Gasteiger partial charge in [-0.1, -0.05) is 0 Å². The van der Waals surface area contributed by atoms with Gasteiger partial charge in [-0.3, -0.25) is 14.4 Å². The number of aromatic hydroxyl groups is 1. The second-order valence-electron chi connectivity index (χ2n) is 8.56. The maximum Gasteiger partial charge on any atom is 0.305 e. The molecule has 2 fully saturated rings. The van der Waals surface area contributed by atoms with E-state index in [1.54, 1.807) is 17.0 Å². The Kier molecular flexibility index (Phi) is 8.28. The highest BCUT2D eigenvalue weighted by molar-refractivity contribution is 5.96. The molecule has 2 heterocycles. The van der Waals surface area contributed by atoms with Gasteiger partial charge in [0.25, 0.3) is 0 Å². The first-order valence-corrected chi connectivity index (χ1v) is 11.2. The van der Waals surface area contributed by atoms with Crippen LogP contribution in [0.3, 0.4) is 0 Å². The number of carboxylic acids is 1. The zero-order valence-corrected chi connectivity index (χ0v) is 18.0. The van der Waals surface area contributed by atoms with E-state index in [0.717, 1.165) is 38.8 Å². The molecule has 1 atom stereocenters. The highest BCUT2D eigenvalue weighted by Crippen LogP contribution is 2.26. The summed E-state index contributed by atoms with van der Waals surface area (Å²) in [6.45, 7) is 3.14. The van der Waals surface area contributed by atoms with Crippen molar-refractivity contribution in [1.82, 2.24) is 10.2 Å². The lowest BCUT2D eigenvalue weighted by atomic mass is 9.92. The third kappa shape index (κ3) is 6.69. The van der Waals surface area contributed by atoms with E-state index < -0.39 is 5.97 Å². The van der Waals surface area contributed by atoms with Crippen LogP contribution < -0.4 is 10.2 Å². The third-order valence-corrected chi connectivity index (χ3v) is 6.33. The first-order valence-electron chi connectivity index (χ1n) is 11.2. The van der Waals surface area contributed by atoms with E-state index in [1.165, 1.54) is 17.0 Å². The molecule has 2 amide bonds. The summed E-state index contributed by atoms with van der Waals surface area (Å²) in [4.78, 5) is 40.5. The van der Waals surface area contributed by atoms with Crippen LogP contribution in [0.25, 0.3) is 0 Å². The van der Waals surface area contributed by atoms with Crippen molar-refractivity contribution < 1.29 is 24.6 Å². The van der Waals surface area contributed by atoms with Gasteiger partial charge in [-0.2, -0.15) is 0 Å². The van der Waals surface area contributed by atoms with E-state index in [9.17, 15) is 19.5 Å². The maximum absolute atomic E-state index is 13.3. The Morgan fingerprint density at radius 3 is 2.45 bits per heavy atom. The van der Waals surface area contributed by atoms with Crippen LogP contribution in [0, 0.1) is 11.8 Å². The molecule has 3 rings (SSSR count). The topological polar surface area (TPSA) is 110 Å². The average molecular weight is 432 g/mol. The summed E-state index contributed by atoms with van der Waals surface area (Å²) in [6.07, 6.45) is 4.91. The first-order chi connectivity index (χ1) is 14.9. The van der Waals surface area contributed by atoms with Crippen molar-refractivity contribution in [3.8, 4) is 5.75 Å². The first kappa shape index (κ1) is 23.1. The van der Waals surface area contributed by atoms with Gasteiger partial charge in [0, 0.05) is 31.7 Å². The molecule has 0 spiro atoms. The molecule has 31 heavy (non-hydrogen) atoms. The molecule has 3 N–H and O–H groups in total.